The molecule has 0 spiro atoms. The van der Waals surface area contributed by atoms with Gasteiger partial charge in [0.05, 0.1) is 6.42 Å². The zero-order chi connectivity index (χ0) is 9.14. The number of halogens is 1. The fourth-order valence-electron chi connectivity index (χ4n) is 0.860. The summed E-state index contributed by atoms with van der Waals surface area (Å²) in [5, 5.41) is 17.2. The van der Waals surface area contributed by atoms with E-state index in [1.54, 1.807) is 0 Å². The number of benzene rings is 1. The molecule has 64 valence electrons. The number of hydrogen-bond acceptors (Lipinski definition) is 2. The SMILES string of the molecule is O=C(O)Cc1cc(O)ccc1F. The molecule has 0 saturated carbocycles. The lowest BCUT2D eigenvalue weighted by atomic mass is 10.1. The third kappa shape index (κ3) is 1.95. The molecule has 0 amide bonds. The maximum Gasteiger partial charge on any atom is 0.307 e. The topological polar surface area (TPSA) is 57.5 Å². The molecule has 0 aliphatic heterocycles. The maximum absolute atomic E-state index is 12.8. The number of rotatable bonds is 2. The summed E-state index contributed by atoms with van der Waals surface area (Å²) < 4.78 is 12.8. The van der Waals surface area contributed by atoms with Crippen LogP contribution in [0.15, 0.2) is 18.2 Å². The first-order valence-corrected chi connectivity index (χ1v) is 3.29. The molecule has 1 aromatic rings. The van der Waals surface area contributed by atoms with Crippen LogP contribution in [0.3, 0.4) is 0 Å². The van der Waals surface area contributed by atoms with Gasteiger partial charge in [-0.1, -0.05) is 0 Å². The highest BCUT2D eigenvalue weighted by molar-refractivity contribution is 5.70. The minimum Gasteiger partial charge on any atom is -0.508 e. The van der Waals surface area contributed by atoms with Crippen LogP contribution in [0.25, 0.3) is 0 Å². The van der Waals surface area contributed by atoms with Gasteiger partial charge in [-0.3, -0.25) is 4.79 Å². The molecule has 12 heavy (non-hydrogen) atoms. The Morgan fingerprint density at radius 3 is 2.75 bits per heavy atom. The van der Waals surface area contributed by atoms with E-state index in [4.69, 9.17) is 10.2 Å². The quantitative estimate of drug-likeness (QED) is 0.700. The molecule has 0 unspecified atom stereocenters. The number of hydrogen-bond donors (Lipinski definition) is 2. The molecular formula is C8H7FO3. The summed E-state index contributed by atoms with van der Waals surface area (Å²) in [5.41, 5.74) is -0.0116. The van der Waals surface area contributed by atoms with E-state index >= 15 is 0 Å². The first-order chi connectivity index (χ1) is 5.59. The first kappa shape index (κ1) is 8.52. The summed E-state index contributed by atoms with van der Waals surface area (Å²) in [5.74, 6) is -1.87. The van der Waals surface area contributed by atoms with Gasteiger partial charge >= 0.3 is 5.97 Å². The van der Waals surface area contributed by atoms with Crippen LogP contribution in [0.5, 0.6) is 5.75 Å². The Labute approximate surface area is 68.1 Å². The van der Waals surface area contributed by atoms with Gasteiger partial charge in [0.2, 0.25) is 0 Å². The Hall–Kier alpha value is -1.58. The van der Waals surface area contributed by atoms with E-state index in [1.165, 1.54) is 6.07 Å². The standard InChI is InChI=1S/C8H7FO3/c9-7-2-1-6(10)3-5(7)4-8(11)12/h1-3,10H,4H2,(H,11,12). The van der Waals surface area contributed by atoms with Gasteiger partial charge in [0.1, 0.15) is 11.6 Å². The van der Waals surface area contributed by atoms with Crippen molar-refractivity contribution in [2.75, 3.05) is 0 Å². The van der Waals surface area contributed by atoms with Gasteiger partial charge in [0, 0.05) is 5.56 Å². The average molecular weight is 170 g/mol. The second-order valence-electron chi connectivity index (χ2n) is 2.35. The number of aliphatic carboxylic acids is 1. The number of carbonyl (C=O) groups is 1. The molecule has 0 saturated heterocycles. The molecule has 0 aliphatic rings. The Balaban J connectivity index is 2.97. The zero-order valence-electron chi connectivity index (χ0n) is 6.12. The van der Waals surface area contributed by atoms with Gasteiger partial charge in [-0.25, -0.2) is 4.39 Å². The molecule has 1 rings (SSSR count). The molecule has 0 bridgehead atoms. The largest absolute Gasteiger partial charge is 0.508 e. The molecule has 3 nitrogen and oxygen atoms in total. The van der Waals surface area contributed by atoms with Gasteiger partial charge in [0.25, 0.3) is 0 Å². The van der Waals surface area contributed by atoms with Crippen molar-refractivity contribution in [1.82, 2.24) is 0 Å². The van der Waals surface area contributed by atoms with Crippen molar-refractivity contribution in [1.29, 1.82) is 0 Å². The maximum atomic E-state index is 12.8. The third-order valence-electron chi connectivity index (χ3n) is 1.37. The Morgan fingerprint density at radius 2 is 2.17 bits per heavy atom. The van der Waals surface area contributed by atoms with E-state index in [0.717, 1.165) is 12.1 Å². The Kier molecular flexibility index (Phi) is 2.28. The lowest BCUT2D eigenvalue weighted by Crippen LogP contribution is -2.01. The zero-order valence-corrected chi connectivity index (χ0v) is 6.12. The molecule has 0 aliphatic carbocycles. The average Bonchev–Trinajstić information content (AvgIpc) is 1.96. The van der Waals surface area contributed by atoms with E-state index in [0.29, 0.717) is 0 Å². The van der Waals surface area contributed by atoms with Crippen LogP contribution in [0, 0.1) is 5.82 Å². The second-order valence-corrected chi connectivity index (χ2v) is 2.35. The molecule has 0 radical (unpaired) electrons. The lowest BCUT2D eigenvalue weighted by molar-refractivity contribution is -0.136. The van der Waals surface area contributed by atoms with Crippen molar-refractivity contribution >= 4 is 5.97 Å². The minimum absolute atomic E-state index is 0.0116. The first-order valence-electron chi connectivity index (χ1n) is 3.29. The number of carboxylic acids is 1. The molecule has 4 heteroatoms. The van der Waals surface area contributed by atoms with Crippen LogP contribution in [-0.4, -0.2) is 16.2 Å². The predicted molar refractivity (Wildman–Crippen MR) is 39.4 cm³/mol. The fourth-order valence-corrected chi connectivity index (χ4v) is 0.860. The number of phenolic OH excluding ortho intramolecular Hbond substituents is 1. The summed E-state index contributed by atoms with van der Waals surface area (Å²) >= 11 is 0. The van der Waals surface area contributed by atoms with Crippen molar-refractivity contribution < 1.29 is 19.4 Å². The summed E-state index contributed by atoms with van der Waals surface area (Å²) in [6, 6.07) is 3.30. The molecule has 0 heterocycles. The number of aromatic hydroxyl groups is 1. The normalized spacial score (nSPS) is 9.75. The van der Waals surface area contributed by atoms with Crippen LogP contribution in [0.4, 0.5) is 4.39 Å². The van der Waals surface area contributed by atoms with Crippen molar-refractivity contribution in [2.24, 2.45) is 0 Å². The lowest BCUT2D eigenvalue weighted by Gasteiger charge is -1.99. The fraction of sp³-hybridized carbons (Fsp3) is 0.125. The molecule has 0 atom stereocenters. The van der Waals surface area contributed by atoms with Crippen molar-refractivity contribution in [3.8, 4) is 5.75 Å². The van der Waals surface area contributed by atoms with Crippen LogP contribution in [0.2, 0.25) is 0 Å². The van der Waals surface area contributed by atoms with Crippen molar-refractivity contribution in [3.63, 3.8) is 0 Å². The van der Waals surface area contributed by atoms with Crippen LogP contribution >= 0.6 is 0 Å². The smallest absolute Gasteiger partial charge is 0.307 e. The minimum atomic E-state index is -1.13. The van der Waals surface area contributed by atoms with E-state index in [9.17, 15) is 9.18 Å². The van der Waals surface area contributed by atoms with Crippen LogP contribution < -0.4 is 0 Å². The Morgan fingerprint density at radius 1 is 1.50 bits per heavy atom. The second kappa shape index (κ2) is 3.21. The molecule has 0 fully saturated rings. The van der Waals surface area contributed by atoms with E-state index < -0.39 is 18.2 Å². The Bertz CT molecular complexity index is 309. The van der Waals surface area contributed by atoms with Gasteiger partial charge in [-0.05, 0) is 18.2 Å². The predicted octanol–water partition coefficient (Wildman–Crippen LogP) is 1.16. The highest BCUT2D eigenvalue weighted by Gasteiger charge is 2.06. The summed E-state index contributed by atoms with van der Waals surface area (Å²) in [7, 11) is 0. The van der Waals surface area contributed by atoms with E-state index in [2.05, 4.69) is 0 Å². The highest BCUT2D eigenvalue weighted by Crippen LogP contribution is 2.15. The van der Waals surface area contributed by atoms with Crippen LogP contribution in [0.1, 0.15) is 5.56 Å². The number of phenols is 1. The van der Waals surface area contributed by atoms with Gasteiger partial charge in [-0.2, -0.15) is 0 Å². The highest BCUT2D eigenvalue weighted by atomic mass is 19.1. The van der Waals surface area contributed by atoms with Gasteiger partial charge in [-0.15, -0.1) is 0 Å². The summed E-state index contributed by atoms with van der Waals surface area (Å²) in [6.45, 7) is 0. The monoisotopic (exact) mass is 170 g/mol. The summed E-state index contributed by atoms with van der Waals surface area (Å²) in [6.07, 6.45) is -0.416. The summed E-state index contributed by atoms with van der Waals surface area (Å²) in [4.78, 5) is 10.2. The molecule has 2 N–H and O–H groups in total. The van der Waals surface area contributed by atoms with E-state index in [-0.39, 0.29) is 11.3 Å². The van der Waals surface area contributed by atoms with E-state index in [1.807, 2.05) is 0 Å². The third-order valence-corrected chi connectivity index (χ3v) is 1.37. The van der Waals surface area contributed by atoms with Crippen molar-refractivity contribution in [3.05, 3.63) is 29.6 Å². The van der Waals surface area contributed by atoms with Crippen LogP contribution in [-0.2, 0) is 11.2 Å². The van der Waals surface area contributed by atoms with Gasteiger partial charge < -0.3 is 10.2 Å². The molecular weight excluding hydrogens is 163 g/mol. The van der Waals surface area contributed by atoms with Gasteiger partial charge in [0.15, 0.2) is 0 Å². The molecule has 0 aromatic heterocycles. The van der Waals surface area contributed by atoms with Crippen molar-refractivity contribution in [2.45, 2.75) is 6.42 Å². The number of carboxylic acid groups (broad SMARTS) is 1. The molecule has 1 aromatic carbocycles.